The first-order valence-electron chi connectivity index (χ1n) is 13.6. The Balaban J connectivity index is 0.00000162. The lowest BCUT2D eigenvalue weighted by molar-refractivity contribution is -0.191. The number of benzene rings is 3. The Morgan fingerprint density at radius 2 is 1.66 bits per heavy atom. The van der Waals surface area contributed by atoms with Crippen LogP contribution in [0.2, 0.25) is 5.02 Å². The average molecular weight is 624 g/mol. The van der Waals surface area contributed by atoms with Crippen molar-refractivity contribution in [3.8, 4) is 5.75 Å². The molecule has 12 heteroatoms. The monoisotopic (exact) mass is 623 g/mol. The van der Waals surface area contributed by atoms with Crippen LogP contribution in [-0.4, -0.2) is 73.2 Å². The Labute approximate surface area is 262 Å². The topological polar surface area (TPSA) is 158 Å². The quantitative estimate of drug-likeness (QED) is 0.140. The number of guanidine groups is 1. The predicted molar refractivity (Wildman–Crippen MR) is 167 cm³/mol. The van der Waals surface area contributed by atoms with Gasteiger partial charge in [0.25, 0.3) is 0 Å². The largest absolute Gasteiger partial charge is 0.423 e. The van der Waals surface area contributed by atoms with Gasteiger partial charge in [-0.1, -0.05) is 55.4 Å². The van der Waals surface area contributed by atoms with E-state index < -0.39 is 5.97 Å². The zero-order valence-corrected chi connectivity index (χ0v) is 24.4. The Morgan fingerprint density at radius 1 is 1.00 bits per heavy atom. The van der Waals surface area contributed by atoms with Gasteiger partial charge in [0.1, 0.15) is 5.75 Å². The maximum Gasteiger partial charge on any atom is 0.373 e. The number of ether oxygens (including phenoxy) is 2. The van der Waals surface area contributed by atoms with E-state index in [0.29, 0.717) is 48.0 Å². The molecule has 1 amide bonds. The maximum atomic E-state index is 13.3. The molecule has 0 spiro atoms. The van der Waals surface area contributed by atoms with Crippen molar-refractivity contribution >= 4 is 41.3 Å². The number of morpholine rings is 1. The number of carbonyl (C=O) groups is 2. The number of aryl methyl sites for hydroxylation is 1. The van der Waals surface area contributed by atoms with Crippen molar-refractivity contribution < 1.29 is 28.7 Å². The van der Waals surface area contributed by atoms with Crippen LogP contribution in [0.3, 0.4) is 0 Å². The summed E-state index contributed by atoms with van der Waals surface area (Å²) in [6.45, 7) is 5.21. The smallest absolute Gasteiger partial charge is 0.373 e. The van der Waals surface area contributed by atoms with Crippen molar-refractivity contribution in [3.63, 3.8) is 0 Å². The summed E-state index contributed by atoms with van der Waals surface area (Å²) in [5.41, 5.74) is 13.5. The Morgan fingerprint density at radius 3 is 2.27 bits per heavy atom. The Bertz CT molecular complexity index is 1400. The minimum Gasteiger partial charge on any atom is -0.423 e. The molecule has 1 saturated heterocycles. The summed E-state index contributed by atoms with van der Waals surface area (Å²) in [7, 11) is 0. The molecular weight excluding hydrogens is 586 g/mol. The molecule has 4 N–H and O–H groups in total. The van der Waals surface area contributed by atoms with Crippen LogP contribution in [0.5, 0.6) is 5.75 Å². The molecule has 0 atom stereocenters. The number of nitrogens with zero attached hydrogens (tertiary/aromatic N) is 3. The molecule has 0 unspecified atom stereocenters. The molecule has 11 nitrogen and oxygen atoms in total. The third kappa shape index (κ3) is 12.0. The minimum absolute atomic E-state index is 0. The minimum atomic E-state index is -0.535. The van der Waals surface area contributed by atoms with E-state index in [1.165, 1.54) is 0 Å². The van der Waals surface area contributed by atoms with Gasteiger partial charge in [-0.2, -0.15) is 9.59 Å². The fraction of sp³-hybridized carbons (Fsp3) is 0.312. The van der Waals surface area contributed by atoms with Gasteiger partial charge in [0.2, 0.25) is 5.91 Å². The normalized spacial score (nSPS) is 12.4. The lowest BCUT2D eigenvalue weighted by Crippen LogP contribution is -2.43. The molecule has 234 valence electrons. The lowest BCUT2D eigenvalue weighted by Gasteiger charge is -2.30. The summed E-state index contributed by atoms with van der Waals surface area (Å²) in [6, 6.07) is 21.4. The van der Waals surface area contributed by atoms with Gasteiger partial charge in [-0.3, -0.25) is 9.69 Å². The second-order valence-corrected chi connectivity index (χ2v) is 9.97. The Hall–Kier alpha value is -4.54. The highest BCUT2D eigenvalue weighted by Crippen LogP contribution is 2.25. The van der Waals surface area contributed by atoms with Crippen LogP contribution in [0.25, 0.3) is 0 Å². The maximum absolute atomic E-state index is 13.3. The number of halogens is 1. The Kier molecular flexibility index (Phi) is 15.3. The van der Waals surface area contributed by atoms with Crippen molar-refractivity contribution in [1.82, 2.24) is 9.80 Å². The van der Waals surface area contributed by atoms with Gasteiger partial charge in [-0.25, -0.2) is 9.79 Å². The summed E-state index contributed by atoms with van der Waals surface area (Å²) in [4.78, 5) is 50.3. The number of esters is 1. The molecule has 3 aromatic rings. The van der Waals surface area contributed by atoms with E-state index in [9.17, 15) is 9.59 Å². The van der Waals surface area contributed by atoms with Crippen LogP contribution in [0.1, 0.15) is 35.3 Å². The second-order valence-electron chi connectivity index (χ2n) is 9.56. The predicted octanol–water partition coefficient (Wildman–Crippen LogP) is 3.81. The van der Waals surface area contributed by atoms with E-state index in [-0.39, 0.29) is 25.4 Å². The summed E-state index contributed by atoms with van der Waals surface area (Å²) >= 11 is 6.51. The highest BCUT2D eigenvalue weighted by Gasteiger charge is 2.18. The number of aliphatic imine (C=N–C) groups is 1. The SMILES string of the molecule is C.NC(N)=Nc1ccc(C(=O)Oc2ccc(CCC(=O)N(CCN3CCOCC3)Cc3ccccc3)c(Cl)c2)cc1.O=C=O. The number of rotatable bonds is 11. The van der Waals surface area contributed by atoms with Crippen molar-refractivity contribution in [1.29, 1.82) is 0 Å². The van der Waals surface area contributed by atoms with E-state index >= 15 is 0 Å². The standard InChI is InChI=1S/C30H34ClN5O4.CO2.CH4/c31-27-20-26(40-29(38)24-6-10-25(11-7-24)34-30(32)33)12-8-23(27)9-13-28(37)36(21-22-4-2-1-3-5-22)15-14-35-16-18-39-19-17-35;2-1-3;/h1-8,10-12,20H,9,13-19,21H2,(H4,32,33,34);;1H4. The summed E-state index contributed by atoms with van der Waals surface area (Å²) in [5.74, 6) is -0.224. The molecule has 0 aliphatic carbocycles. The molecule has 4 rings (SSSR count). The number of hydrogen-bond acceptors (Lipinski definition) is 8. The number of hydrogen-bond donors (Lipinski definition) is 2. The van der Waals surface area contributed by atoms with Crippen molar-refractivity contribution in [2.75, 3.05) is 39.4 Å². The van der Waals surface area contributed by atoms with Gasteiger partial charge in [0, 0.05) is 44.2 Å². The third-order valence-electron chi connectivity index (χ3n) is 6.56. The molecule has 0 bridgehead atoms. The van der Waals surface area contributed by atoms with Crippen LogP contribution in [0.15, 0.2) is 77.8 Å². The van der Waals surface area contributed by atoms with Crippen molar-refractivity contribution in [2.24, 2.45) is 16.5 Å². The third-order valence-corrected chi connectivity index (χ3v) is 6.92. The van der Waals surface area contributed by atoms with Crippen LogP contribution < -0.4 is 16.2 Å². The van der Waals surface area contributed by atoms with Crippen LogP contribution in [0.4, 0.5) is 5.69 Å². The number of amides is 1. The van der Waals surface area contributed by atoms with E-state index in [0.717, 1.165) is 44.0 Å². The van der Waals surface area contributed by atoms with Gasteiger partial charge in [-0.15, -0.1) is 0 Å². The molecular formula is C32H38ClN5O6. The molecule has 1 aliphatic rings. The highest BCUT2D eigenvalue weighted by atomic mass is 35.5. The van der Waals surface area contributed by atoms with Gasteiger partial charge < -0.3 is 25.8 Å². The van der Waals surface area contributed by atoms with Crippen LogP contribution in [-0.2, 0) is 32.1 Å². The van der Waals surface area contributed by atoms with E-state index in [1.807, 2.05) is 35.2 Å². The van der Waals surface area contributed by atoms with E-state index in [1.54, 1.807) is 42.5 Å². The van der Waals surface area contributed by atoms with Crippen molar-refractivity contribution in [3.05, 3.63) is 94.5 Å². The highest BCUT2D eigenvalue weighted by molar-refractivity contribution is 6.31. The molecule has 0 aromatic heterocycles. The molecule has 1 aliphatic heterocycles. The number of nitrogens with two attached hydrogens (primary N) is 2. The van der Waals surface area contributed by atoms with Gasteiger partial charge in [-0.05, 0) is 53.9 Å². The van der Waals surface area contributed by atoms with Gasteiger partial charge in [0.05, 0.1) is 24.5 Å². The second kappa shape index (κ2) is 18.9. The summed E-state index contributed by atoms with van der Waals surface area (Å²) < 4.78 is 10.9. The fourth-order valence-electron chi connectivity index (χ4n) is 4.36. The molecule has 44 heavy (non-hydrogen) atoms. The zero-order valence-electron chi connectivity index (χ0n) is 23.6. The summed E-state index contributed by atoms with van der Waals surface area (Å²) in [6.07, 6.45) is 1.04. The van der Waals surface area contributed by atoms with E-state index in [4.69, 9.17) is 42.1 Å². The first kappa shape index (κ1) is 35.7. The van der Waals surface area contributed by atoms with Gasteiger partial charge in [0.15, 0.2) is 5.96 Å². The molecule has 0 radical (unpaired) electrons. The number of carbonyl (C=O) groups excluding carboxylic acids is 4. The fourth-order valence-corrected chi connectivity index (χ4v) is 4.63. The van der Waals surface area contributed by atoms with E-state index in [2.05, 4.69) is 9.89 Å². The van der Waals surface area contributed by atoms with Crippen LogP contribution in [0, 0.1) is 0 Å². The molecule has 1 heterocycles. The molecule has 0 saturated carbocycles. The zero-order chi connectivity index (χ0) is 31.0. The molecule has 1 fully saturated rings. The molecule has 3 aromatic carbocycles. The first-order valence-corrected chi connectivity index (χ1v) is 14.0. The van der Waals surface area contributed by atoms with Crippen LogP contribution >= 0.6 is 11.6 Å². The average Bonchev–Trinajstić information content (AvgIpc) is 3.00. The van der Waals surface area contributed by atoms with Gasteiger partial charge >= 0.3 is 12.1 Å². The summed E-state index contributed by atoms with van der Waals surface area (Å²) in [5, 5.41) is 0.434. The van der Waals surface area contributed by atoms with Crippen molar-refractivity contribution in [2.45, 2.75) is 26.8 Å². The first-order chi connectivity index (χ1) is 20.8. The lowest BCUT2D eigenvalue weighted by atomic mass is 10.1.